The highest BCUT2D eigenvalue weighted by molar-refractivity contribution is 7.89. The predicted octanol–water partition coefficient (Wildman–Crippen LogP) is 1.67. The molecule has 1 aromatic carbocycles. The average molecular weight is 382 g/mol. The van der Waals surface area contributed by atoms with Crippen LogP contribution in [0.2, 0.25) is 0 Å². The van der Waals surface area contributed by atoms with Crippen molar-refractivity contribution in [2.24, 2.45) is 11.8 Å². The first kappa shape index (κ1) is 20.4. The van der Waals surface area contributed by atoms with Crippen molar-refractivity contribution in [3.05, 3.63) is 29.8 Å². The van der Waals surface area contributed by atoms with Crippen molar-refractivity contribution in [3.63, 3.8) is 0 Å². The molecule has 2 rings (SSSR count). The number of carbonyl (C=O) groups is 2. The fourth-order valence-electron chi connectivity index (χ4n) is 2.89. The molecule has 0 saturated heterocycles. The lowest BCUT2D eigenvalue weighted by Gasteiger charge is -2.34. The molecule has 1 aliphatic carbocycles. The summed E-state index contributed by atoms with van der Waals surface area (Å²) < 4.78 is 27.7. The Morgan fingerprint density at radius 1 is 1.19 bits per heavy atom. The predicted molar refractivity (Wildman–Crippen MR) is 97.0 cm³/mol. The molecule has 1 aromatic rings. The van der Waals surface area contributed by atoms with Crippen LogP contribution in [0, 0.1) is 18.8 Å². The number of carboxylic acids is 1. The van der Waals surface area contributed by atoms with Gasteiger partial charge in [-0.1, -0.05) is 31.5 Å². The Bertz CT molecular complexity index is 752. The molecule has 1 saturated carbocycles. The topological polar surface area (TPSA) is 113 Å². The first-order chi connectivity index (χ1) is 12.1. The van der Waals surface area contributed by atoms with Crippen molar-refractivity contribution in [2.75, 3.05) is 0 Å². The van der Waals surface area contributed by atoms with Crippen molar-refractivity contribution in [1.29, 1.82) is 0 Å². The Hall–Kier alpha value is -1.93. The zero-order valence-corrected chi connectivity index (χ0v) is 16.0. The molecule has 1 aliphatic rings. The van der Waals surface area contributed by atoms with E-state index in [1.807, 2.05) is 20.8 Å². The molecule has 1 fully saturated rings. The summed E-state index contributed by atoms with van der Waals surface area (Å²) in [6.07, 6.45) is 1.10. The van der Waals surface area contributed by atoms with Crippen LogP contribution in [0.25, 0.3) is 0 Å². The van der Waals surface area contributed by atoms with Gasteiger partial charge in [-0.25, -0.2) is 8.42 Å². The van der Waals surface area contributed by atoms with Gasteiger partial charge in [-0.05, 0) is 44.2 Å². The number of amides is 1. The highest BCUT2D eigenvalue weighted by atomic mass is 32.2. The standard InChI is InChI=1S/C18H26N2O5S/c1-11(2)8-16(17(21)19-14-9-13(10-14)18(22)23)20-26(24,25)15-6-4-12(3)5-7-15/h4-7,11,13-14,16,20H,8-10H2,1-3H3,(H,19,21)(H,22,23). The molecule has 7 nitrogen and oxygen atoms in total. The van der Waals surface area contributed by atoms with E-state index in [2.05, 4.69) is 10.0 Å². The first-order valence-electron chi connectivity index (χ1n) is 8.70. The van der Waals surface area contributed by atoms with Gasteiger partial charge >= 0.3 is 5.97 Å². The van der Waals surface area contributed by atoms with Crippen molar-refractivity contribution in [3.8, 4) is 0 Å². The van der Waals surface area contributed by atoms with Crippen molar-refractivity contribution >= 4 is 21.9 Å². The second kappa shape index (κ2) is 8.18. The van der Waals surface area contributed by atoms with Gasteiger partial charge in [-0.15, -0.1) is 0 Å². The molecule has 1 amide bonds. The third kappa shape index (κ3) is 5.28. The minimum atomic E-state index is -3.82. The van der Waals surface area contributed by atoms with Gasteiger partial charge in [0, 0.05) is 6.04 Å². The van der Waals surface area contributed by atoms with Gasteiger partial charge in [0.1, 0.15) is 6.04 Å². The van der Waals surface area contributed by atoms with E-state index in [0.717, 1.165) is 5.56 Å². The molecule has 3 N–H and O–H groups in total. The number of hydrogen-bond acceptors (Lipinski definition) is 4. The second-order valence-corrected chi connectivity index (χ2v) is 9.04. The van der Waals surface area contributed by atoms with Crippen molar-refractivity contribution in [2.45, 2.75) is 57.0 Å². The number of aryl methyl sites for hydroxylation is 1. The third-order valence-electron chi connectivity index (χ3n) is 4.49. The maximum Gasteiger partial charge on any atom is 0.306 e. The number of carbonyl (C=O) groups excluding carboxylic acids is 1. The van der Waals surface area contributed by atoms with Gasteiger partial charge in [0.2, 0.25) is 15.9 Å². The molecule has 26 heavy (non-hydrogen) atoms. The average Bonchev–Trinajstić information content (AvgIpc) is 2.48. The molecule has 0 bridgehead atoms. The molecule has 1 atom stereocenters. The Morgan fingerprint density at radius 3 is 2.27 bits per heavy atom. The molecule has 1 unspecified atom stereocenters. The van der Waals surface area contributed by atoms with Gasteiger partial charge < -0.3 is 10.4 Å². The van der Waals surface area contributed by atoms with Crippen molar-refractivity contribution in [1.82, 2.24) is 10.0 Å². The largest absolute Gasteiger partial charge is 0.481 e. The van der Waals surface area contributed by atoms with Crippen LogP contribution in [-0.2, 0) is 19.6 Å². The van der Waals surface area contributed by atoms with E-state index < -0.39 is 33.9 Å². The second-order valence-electron chi connectivity index (χ2n) is 7.33. The molecular formula is C18H26N2O5S. The minimum absolute atomic E-state index is 0.110. The maximum absolute atomic E-state index is 12.6. The zero-order valence-electron chi connectivity index (χ0n) is 15.2. The fourth-order valence-corrected chi connectivity index (χ4v) is 4.10. The third-order valence-corrected chi connectivity index (χ3v) is 5.97. The highest BCUT2D eigenvalue weighted by Gasteiger charge is 2.37. The van der Waals surface area contributed by atoms with Gasteiger partial charge in [0.25, 0.3) is 0 Å². The lowest BCUT2D eigenvalue weighted by atomic mass is 9.80. The zero-order chi connectivity index (χ0) is 19.5. The Kier molecular flexibility index (Phi) is 6.41. The Balaban J connectivity index is 2.05. The van der Waals surface area contributed by atoms with Crippen LogP contribution in [0.15, 0.2) is 29.2 Å². The van der Waals surface area contributed by atoms with Crippen LogP contribution >= 0.6 is 0 Å². The van der Waals surface area contributed by atoms with Crippen LogP contribution in [-0.4, -0.2) is 37.5 Å². The smallest absolute Gasteiger partial charge is 0.306 e. The Labute approximate surface area is 154 Å². The van der Waals surface area contributed by atoms with E-state index in [4.69, 9.17) is 5.11 Å². The lowest BCUT2D eigenvalue weighted by molar-refractivity contribution is -0.146. The quantitative estimate of drug-likeness (QED) is 0.633. The van der Waals surface area contributed by atoms with Crippen LogP contribution < -0.4 is 10.0 Å². The summed E-state index contributed by atoms with van der Waals surface area (Å²) in [5.41, 5.74) is 0.943. The van der Waals surface area contributed by atoms with Crippen LogP contribution in [0.3, 0.4) is 0 Å². The summed E-state index contributed by atoms with van der Waals surface area (Å²) in [4.78, 5) is 23.5. The monoisotopic (exact) mass is 382 g/mol. The number of hydrogen-bond donors (Lipinski definition) is 3. The van der Waals surface area contributed by atoms with Crippen LogP contribution in [0.5, 0.6) is 0 Å². The van der Waals surface area contributed by atoms with E-state index in [1.54, 1.807) is 12.1 Å². The minimum Gasteiger partial charge on any atom is -0.481 e. The van der Waals surface area contributed by atoms with E-state index in [-0.39, 0.29) is 16.9 Å². The van der Waals surface area contributed by atoms with Gasteiger partial charge in [-0.2, -0.15) is 4.72 Å². The number of sulfonamides is 1. The number of benzene rings is 1. The highest BCUT2D eigenvalue weighted by Crippen LogP contribution is 2.27. The van der Waals surface area contributed by atoms with E-state index >= 15 is 0 Å². The summed E-state index contributed by atoms with van der Waals surface area (Å²) in [5, 5.41) is 11.7. The lowest BCUT2D eigenvalue weighted by Crippen LogP contribution is -2.54. The van der Waals surface area contributed by atoms with Gasteiger partial charge in [-0.3, -0.25) is 9.59 Å². The van der Waals surface area contributed by atoms with Gasteiger partial charge in [0.05, 0.1) is 10.8 Å². The number of nitrogens with one attached hydrogen (secondary N) is 2. The summed E-state index contributed by atoms with van der Waals surface area (Å²) in [6.45, 7) is 5.68. The Morgan fingerprint density at radius 2 is 1.77 bits per heavy atom. The normalized spacial score (nSPS) is 21.1. The number of aliphatic carboxylic acids is 1. The molecule has 0 spiro atoms. The van der Waals surface area contributed by atoms with Crippen LogP contribution in [0.1, 0.15) is 38.7 Å². The fraction of sp³-hybridized carbons (Fsp3) is 0.556. The van der Waals surface area contributed by atoms with Crippen molar-refractivity contribution < 1.29 is 23.1 Å². The van der Waals surface area contributed by atoms with E-state index in [0.29, 0.717) is 19.3 Å². The molecular weight excluding hydrogens is 356 g/mol. The summed E-state index contributed by atoms with van der Waals surface area (Å²) in [7, 11) is -3.82. The van der Waals surface area contributed by atoms with Gasteiger partial charge in [0.15, 0.2) is 0 Å². The van der Waals surface area contributed by atoms with E-state index in [1.165, 1.54) is 12.1 Å². The summed E-state index contributed by atoms with van der Waals surface area (Å²) in [6, 6.07) is 5.29. The SMILES string of the molecule is Cc1ccc(S(=O)(=O)NC(CC(C)C)C(=O)NC2CC(C(=O)O)C2)cc1. The van der Waals surface area contributed by atoms with Crippen LogP contribution in [0.4, 0.5) is 0 Å². The number of rotatable bonds is 8. The maximum atomic E-state index is 12.6. The summed E-state index contributed by atoms with van der Waals surface area (Å²) in [5.74, 6) is -1.61. The molecule has 8 heteroatoms. The molecule has 0 aromatic heterocycles. The number of carboxylic acid groups (broad SMARTS) is 1. The first-order valence-corrected chi connectivity index (χ1v) is 10.2. The summed E-state index contributed by atoms with van der Waals surface area (Å²) >= 11 is 0. The molecule has 0 heterocycles. The molecule has 0 aliphatic heterocycles. The molecule has 144 valence electrons. The van der Waals surface area contributed by atoms with E-state index in [9.17, 15) is 18.0 Å². The molecule has 0 radical (unpaired) electrons.